The number of hydrogen-bond donors (Lipinski definition) is 2. The van der Waals surface area contributed by atoms with Gasteiger partial charge in [0.2, 0.25) is 5.91 Å². The molecular weight excluding hydrogens is 374 g/mol. The third-order valence-electron chi connectivity index (χ3n) is 3.70. The van der Waals surface area contributed by atoms with Crippen LogP contribution in [0.5, 0.6) is 11.5 Å². The molecule has 1 aliphatic heterocycles. The fourth-order valence-electron chi connectivity index (χ4n) is 2.37. The minimum atomic E-state index is -0.294. The summed E-state index contributed by atoms with van der Waals surface area (Å²) in [6, 6.07) is 12.3. The van der Waals surface area contributed by atoms with Crippen LogP contribution in [0, 0.1) is 0 Å². The van der Waals surface area contributed by atoms with Gasteiger partial charge in [-0.3, -0.25) is 4.79 Å². The highest BCUT2D eigenvalue weighted by Crippen LogP contribution is 2.27. The molecule has 134 valence electrons. The van der Waals surface area contributed by atoms with Crippen LogP contribution in [0.15, 0.2) is 52.7 Å². The Morgan fingerprint density at radius 2 is 2.15 bits per heavy atom. The maximum absolute atomic E-state index is 12.1. The van der Waals surface area contributed by atoms with Gasteiger partial charge in [0.15, 0.2) is 16.7 Å². The quantitative estimate of drug-likeness (QED) is 0.607. The first-order chi connectivity index (χ1) is 12.6. The van der Waals surface area contributed by atoms with Crippen molar-refractivity contribution in [2.75, 3.05) is 7.11 Å². The largest absolute Gasteiger partial charge is 0.504 e. The van der Waals surface area contributed by atoms with E-state index in [1.165, 1.54) is 31.2 Å². The normalized spacial score (nSPS) is 18.5. The topological polar surface area (TPSA) is 83.3 Å². The lowest BCUT2D eigenvalue weighted by atomic mass is 10.1. The Labute approximate surface area is 159 Å². The molecule has 1 fully saturated rings. The number of nitrogens with zero attached hydrogens (tertiary/aromatic N) is 2. The molecule has 0 aromatic heterocycles. The number of benzene rings is 2. The molecule has 2 N–H and O–H groups in total. The van der Waals surface area contributed by atoms with Crippen LogP contribution in [0.4, 0.5) is 0 Å². The Bertz CT molecular complexity index is 886. The first-order valence-electron chi connectivity index (χ1n) is 7.76. The number of nitrogens with one attached hydrogen (secondary N) is 1. The molecule has 0 saturated carbocycles. The van der Waals surface area contributed by atoms with E-state index in [0.29, 0.717) is 27.9 Å². The number of thioether (sulfide) groups is 1. The van der Waals surface area contributed by atoms with Crippen LogP contribution in [0.25, 0.3) is 0 Å². The Morgan fingerprint density at radius 3 is 2.92 bits per heavy atom. The highest BCUT2D eigenvalue weighted by Gasteiger charge is 2.30. The molecule has 6 nitrogen and oxygen atoms in total. The number of ether oxygens (including phenoxy) is 1. The number of aromatic hydroxyl groups is 1. The minimum Gasteiger partial charge on any atom is -0.504 e. The summed E-state index contributed by atoms with van der Waals surface area (Å²) in [5.74, 6) is 0.289. The number of carbonyl (C=O) groups excluding carboxylic acids is 1. The number of halogens is 1. The van der Waals surface area contributed by atoms with Crippen molar-refractivity contribution in [1.29, 1.82) is 0 Å². The van der Waals surface area contributed by atoms with Crippen LogP contribution in [0.3, 0.4) is 0 Å². The monoisotopic (exact) mass is 389 g/mol. The van der Waals surface area contributed by atoms with E-state index in [4.69, 9.17) is 16.3 Å². The van der Waals surface area contributed by atoms with Gasteiger partial charge in [-0.2, -0.15) is 5.10 Å². The first kappa shape index (κ1) is 18.3. The van der Waals surface area contributed by atoms with Gasteiger partial charge >= 0.3 is 0 Å². The first-order valence-corrected chi connectivity index (χ1v) is 9.01. The van der Waals surface area contributed by atoms with Crippen molar-refractivity contribution in [3.8, 4) is 11.5 Å². The van der Waals surface area contributed by atoms with E-state index in [1.54, 1.807) is 18.2 Å². The Hall–Kier alpha value is -2.51. The molecule has 1 amide bonds. The average Bonchev–Trinajstić information content (AvgIpc) is 2.98. The lowest BCUT2D eigenvalue weighted by Crippen LogP contribution is -2.26. The van der Waals surface area contributed by atoms with Gasteiger partial charge in [0.1, 0.15) is 0 Å². The maximum Gasteiger partial charge on any atom is 0.239 e. The zero-order chi connectivity index (χ0) is 18.5. The second-order valence-electron chi connectivity index (χ2n) is 5.47. The molecule has 1 aliphatic rings. The van der Waals surface area contributed by atoms with E-state index in [0.717, 1.165) is 5.56 Å². The fraction of sp³-hybridized carbons (Fsp3) is 0.167. The molecule has 1 heterocycles. The van der Waals surface area contributed by atoms with Gasteiger partial charge < -0.3 is 15.2 Å². The number of amidine groups is 1. The van der Waals surface area contributed by atoms with Gasteiger partial charge in [-0.1, -0.05) is 41.6 Å². The number of carbonyl (C=O) groups is 1. The summed E-state index contributed by atoms with van der Waals surface area (Å²) in [7, 11) is 1.47. The van der Waals surface area contributed by atoms with E-state index >= 15 is 0 Å². The Morgan fingerprint density at radius 1 is 1.35 bits per heavy atom. The van der Waals surface area contributed by atoms with Gasteiger partial charge in [-0.15, -0.1) is 5.10 Å². The van der Waals surface area contributed by atoms with E-state index in [2.05, 4.69) is 15.5 Å². The lowest BCUT2D eigenvalue weighted by molar-refractivity contribution is -0.118. The molecule has 0 radical (unpaired) electrons. The second kappa shape index (κ2) is 8.25. The van der Waals surface area contributed by atoms with E-state index in [1.807, 2.05) is 18.2 Å². The molecule has 1 saturated heterocycles. The number of amides is 1. The molecule has 0 spiro atoms. The van der Waals surface area contributed by atoms with Crippen molar-refractivity contribution in [3.05, 3.63) is 58.6 Å². The molecular formula is C18H16ClN3O3S. The maximum atomic E-state index is 12.1. The molecule has 8 heteroatoms. The highest BCUT2D eigenvalue weighted by molar-refractivity contribution is 8.15. The summed E-state index contributed by atoms with van der Waals surface area (Å²) >= 11 is 7.47. The molecule has 2 aromatic rings. The van der Waals surface area contributed by atoms with Gasteiger partial charge in [-0.05, 0) is 41.8 Å². The standard InChI is InChI=1S/C18H16ClN3O3S/c1-25-15-8-11(6-7-14(15)23)10-20-22-18-21-17(24)16(26-18)9-12-4-2-3-5-13(12)19/h2-8,10,16,23H,9H2,1H3,(H,21,22,24)/b20-10+. The van der Waals surface area contributed by atoms with E-state index in [9.17, 15) is 9.90 Å². The van der Waals surface area contributed by atoms with Crippen molar-refractivity contribution in [2.24, 2.45) is 10.2 Å². The molecule has 2 aromatic carbocycles. The van der Waals surface area contributed by atoms with Crippen LogP contribution >= 0.6 is 23.4 Å². The predicted molar refractivity (Wildman–Crippen MR) is 104 cm³/mol. The predicted octanol–water partition coefficient (Wildman–Crippen LogP) is 3.22. The van der Waals surface area contributed by atoms with Crippen molar-refractivity contribution in [2.45, 2.75) is 11.7 Å². The summed E-state index contributed by atoms with van der Waals surface area (Å²) in [6.45, 7) is 0. The van der Waals surface area contributed by atoms with Crippen LogP contribution in [0.2, 0.25) is 5.02 Å². The van der Waals surface area contributed by atoms with Gasteiger partial charge in [0.25, 0.3) is 0 Å². The number of methoxy groups -OCH3 is 1. The van der Waals surface area contributed by atoms with Gasteiger partial charge in [-0.25, -0.2) is 0 Å². The van der Waals surface area contributed by atoms with Crippen molar-refractivity contribution in [1.82, 2.24) is 5.32 Å². The Balaban J connectivity index is 1.65. The average molecular weight is 390 g/mol. The Kier molecular flexibility index (Phi) is 5.80. The van der Waals surface area contributed by atoms with E-state index < -0.39 is 0 Å². The summed E-state index contributed by atoms with van der Waals surface area (Å²) in [4.78, 5) is 12.1. The van der Waals surface area contributed by atoms with Crippen LogP contribution in [-0.4, -0.2) is 34.8 Å². The smallest absolute Gasteiger partial charge is 0.239 e. The number of rotatable bonds is 5. The zero-order valence-corrected chi connectivity index (χ0v) is 15.4. The molecule has 1 atom stereocenters. The van der Waals surface area contributed by atoms with Gasteiger partial charge in [0, 0.05) is 5.02 Å². The lowest BCUT2D eigenvalue weighted by Gasteiger charge is -2.06. The third kappa shape index (κ3) is 4.36. The summed E-state index contributed by atoms with van der Waals surface area (Å²) in [6.07, 6.45) is 2.04. The van der Waals surface area contributed by atoms with Gasteiger partial charge in [0.05, 0.1) is 18.6 Å². The van der Waals surface area contributed by atoms with Crippen molar-refractivity contribution < 1.29 is 14.6 Å². The zero-order valence-electron chi connectivity index (χ0n) is 13.8. The van der Waals surface area contributed by atoms with Crippen LogP contribution in [-0.2, 0) is 11.2 Å². The SMILES string of the molecule is COc1cc(/C=N/N=C2\NC(=O)C(Cc3ccccc3Cl)S2)ccc1O. The molecule has 1 unspecified atom stereocenters. The van der Waals surface area contributed by atoms with E-state index in [-0.39, 0.29) is 16.9 Å². The summed E-state index contributed by atoms with van der Waals surface area (Å²) in [5, 5.41) is 21.1. The third-order valence-corrected chi connectivity index (χ3v) is 5.14. The van der Waals surface area contributed by atoms with Crippen LogP contribution in [0.1, 0.15) is 11.1 Å². The number of phenolic OH excluding ortho intramolecular Hbond substituents is 1. The number of phenols is 1. The second-order valence-corrected chi connectivity index (χ2v) is 7.07. The number of hydrogen-bond acceptors (Lipinski definition) is 6. The van der Waals surface area contributed by atoms with Crippen LogP contribution < -0.4 is 10.1 Å². The highest BCUT2D eigenvalue weighted by atomic mass is 35.5. The molecule has 3 rings (SSSR count). The summed E-state index contributed by atoms with van der Waals surface area (Å²) in [5.41, 5.74) is 1.63. The molecule has 26 heavy (non-hydrogen) atoms. The van der Waals surface area contributed by atoms with Crippen molar-refractivity contribution in [3.63, 3.8) is 0 Å². The molecule has 0 aliphatic carbocycles. The molecule has 0 bridgehead atoms. The van der Waals surface area contributed by atoms with Crippen molar-refractivity contribution >= 4 is 40.7 Å². The minimum absolute atomic E-state index is 0.0528. The summed E-state index contributed by atoms with van der Waals surface area (Å²) < 4.78 is 5.04. The fourth-order valence-corrected chi connectivity index (χ4v) is 3.54.